The number of para-hydroxylation sites is 1. The maximum atomic E-state index is 9.21. The Hall–Kier alpha value is -1.75. The molecule has 0 bridgehead atoms. The third-order valence-corrected chi connectivity index (χ3v) is 1.32. The van der Waals surface area contributed by atoms with Crippen molar-refractivity contribution in [3.63, 3.8) is 0 Å². The molecule has 0 saturated carbocycles. The van der Waals surface area contributed by atoms with Gasteiger partial charge in [0, 0.05) is 5.56 Å². The van der Waals surface area contributed by atoms with Crippen LogP contribution in [0.2, 0.25) is 0 Å². The molecule has 5 nitrogen and oxygen atoms in total. The lowest BCUT2D eigenvalue weighted by atomic mass is 10.2. The first-order chi connectivity index (χ1) is 5.75. The van der Waals surface area contributed by atoms with E-state index >= 15 is 0 Å². The standard InChI is InChI=1S/C7H9N3O2/c8-10-9-4-5-2-1-3-6(11)7(5)12/h1-4,10-12H,8H2. The summed E-state index contributed by atoms with van der Waals surface area (Å²) in [6, 6.07) is 4.56. The molecule has 0 radical (unpaired) electrons. The molecule has 12 heavy (non-hydrogen) atoms. The minimum Gasteiger partial charge on any atom is -0.504 e. The van der Waals surface area contributed by atoms with Crippen molar-refractivity contribution in [3.8, 4) is 11.5 Å². The quantitative estimate of drug-likeness (QED) is 0.214. The van der Waals surface area contributed by atoms with E-state index in [1.165, 1.54) is 12.3 Å². The summed E-state index contributed by atoms with van der Waals surface area (Å²) in [6.07, 6.45) is 1.30. The molecule has 0 aliphatic rings. The molecule has 0 amide bonds. The second kappa shape index (κ2) is 3.59. The van der Waals surface area contributed by atoms with Gasteiger partial charge in [0.2, 0.25) is 0 Å². The van der Waals surface area contributed by atoms with Crippen LogP contribution in [0.4, 0.5) is 0 Å². The van der Waals surface area contributed by atoms with E-state index in [4.69, 9.17) is 10.9 Å². The highest BCUT2D eigenvalue weighted by Crippen LogP contribution is 2.26. The van der Waals surface area contributed by atoms with Gasteiger partial charge in [-0.3, -0.25) is 0 Å². The number of hydrazine groups is 1. The predicted octanol–water partition coefficient (Wildman–Crippen LogP) is -0.105. The highest BCUT2D eigenvalue weighted by atomic mass is 16.3. The summed E-state index contributed by atoms with van der Waals surface area (Å²) in [4.78, 5) is 0. The zero-order chi connectivity index (χ0) is 8.97. The third-order valence-electron chi connectivity index (χ3n) is 1.32. The fraction of sp³-hybridized carbons (Fsp3) is 0. The highest BCUT2D eigenvalue weighted by molar-refractivity contribution is 5.84. The van der Waals surface area contributed by atoms with Crippen molar-refractivity contribution in [2.24, 2.45) is 10.9 Å². The fourth-order valence-corrected chi connectivity index (χ4v) is 0.760. The number of hydrazone groups is 1. The van der Waals surface area contributed by atoms with Crippen LogP contribution in [0.5, 0.6) is 11.5 Å². The molecule has 0 aliphatic carbocycles. The largest absolute Gasteiger partial charge is 0.504 e. The van der Waals surface area contributed by atoms with Crippen molar-refractivity contribution >= 4 is 6.21 Å². The number of benzene rings is 1. The zero-order valence-corrected chi connectivity index (χ0v) is 6.23. The number of rotatable bonds is 2. The van der Waals surface area contributed by atoms with E-state index in [0.29, 0.717) is 5.56 Å². The first-order valence-electron chi connectivity index (χ1n) is 3.25. The fourth-order valence-electron chi connectivity index (χ4n) is 0.760. The summed E-state index contributed by atoms with van der Waals surface area (Å²) in [6.45, 7) is 0. The molecule has 1 rings (SSSR count). The van der Waals surface area contributed by atoms with Crippen LogP contribution < -0.4 is 11.4 Å². The van der Waals surface area contributed by atoms with Crippen LogP contribution >= 0.6 is 0 Å². The summed E-state index contributed by atoms with van der Waals surface area (Å²) in [5.74, 6) is 4.48. The van der Waals surface area contributed by atoms with Gasteiger partial charge < -0.3 is 10.2 Å². The van der Waals surface area contributed by atoms with Gasteiger partial charge in [-0.25, -0.2) is 11.4 Å². The van der Waals surface area contributed by atoms with Crippen molar-refractivity contribution in [1.82, 2.24) is 5.53 Å². The molecule has 0 fully saturated rings. The van der Waals surface area contributed by atoms with Crippen LogP contribution in [0.3, 0.4) is 0 Å². The lowest BCUT2D eigenvalue weighted by Crippen LogP contribution is -2.13. The monoisotopic (exact) mass is 167 g/mol. The Morgan fingerprint density at radius 3 is 2.83 bits per heavy atom. The molecule has 5 heteroatoms. The van der Waals surface area contributed by atoms with Gasteiger partial charge in [0.15, 0.2) is 11.5 Å². The molecule has 5 N–H and O–H groups in total. The Morgan fingerprint density at radius 2 is 2.17 bits per heavy atom. The Morgan fingerprint density at radius 1 is 1.42 bits per heavy atom. The number of phenols is 2. The van der Waals surface area contributed by atoms with Crippen LogP contribution in [0.1, 0.15) is 5.56 Å². The van der Waals surface area contributed by atoms with Gasteiger partial charge in [-0.15, -0.1) is 0 Å². The first-order valence-corrected chi connectivity index (χ1v) is 3.25. The Bertz CT molecular complexity index is 299. The van der Waals surface area contributed by atoms with Gasteiger partial charge in [-0.1, -0.05) is 6.07 Å². The van der Waals surface area contributed by atoms with E-state index in [2.05, 4.69) is 5.10 Å². The average molecular weight is 167 g/mol. The lowest BCUT2D eigenvalue weighted by Gasteiger charge is -1.99. The summed E-state index contributed by atoms with van der Waals surface area (Å²) >= 11 is 0. The van der Waals surface area contributed by atoms with Gasteiger partial charge in [0.25, 0.3) is 0 Å². The van der Waals surface area contributed by atoms with Crippen LogP contribution in [-0.2, 0) is 0 Å². The summed E-state index contributed by atoms with van der Waals surface area (Å²) in [5.41, 5.74) is 2.44. The average Bonchev–Trinajstić information content (AvgIpc) is 2.08. The topological polar surface area (TPSA) is 90.9 Å². The van der Waals surface area contributed by atoms with Crippen molar-refractivity contribution in [1.29, 1.82) is 0 Å². The van der Waals surface area contributed by atoms with E-state index in [-0.39, 0.29) is 11.5 Å². The highest BCUT2D eigenvalue weighted by Gasteiger charge is 2.01. The molecular weight excluding hydrogens is 158 g/mol. The van der Waals surface area contributed by atoms with Crippen molar-refractivity contribution in [3.05, 3.63) is 23.8 Å². The lowest BCUT2D eigenvalue weighted by molar-refractivity contribution is 0.403. The van der Waals surface area contributed by atoms with E-state index in [1.807, 2.05) is 5.53 Å². The molecule has 0 heterocycles. The number of hydrogen-bond acceptors (Lipinski definition) is 5. The summed E-state index contributed by atoms with van der Waals surface area (Å²) in [5, 5.41) is 21.7. The van der Waals surface area contributed by atoms with E-state index < -0.39 is 0 Å². The second-order valence-electron chi connectivity index (χ2n) is 2.10. The molecule has 1 aromatic carbocycles. The molecule has 0 aliphatic heterocycles. The number of nitrogens with two attached hydrogens (primary N) is 1. The number of hydrogen-bond donors (Lipinski definition) is 4. The van der Waals surface area contributed by atoms with E-state index in [1.54, 1.807) is 12.1 Å². The molecule has 1 aromatic rings. The van der Waals surface area contributed by atoms with Crippen LogP contribution in [0, 0.1) is 0 Å². The van der Waals surface area contributed by atoms with Crippen LogP contribution in [0.25, 0.3) is 0 Å². The Kier molecular flexibility index (Phi) is 2.49. The molecular formula is C7H9N3O2. The van der Waals surface area contributed by atoms with Crippen LogP contribution in [0.15, 0.2) is 23.3 Å². The number of nitrogens with one attached hydrogen (secondary N) is 1. The van der Waals surface area contributed by atoms with Crippen LogP contribution in [-0.4, -0.2) is 16.4 Å². The van der Waals surface area contributed by atoms with Gasteiger partial charge in [0.05, 0.1) is 6.21 Å². The van der Waals surface area contributed by atoms with Crippen molar-refractivity contribution in [2.75, 3.05) is 0 Å². The molecule has 0 atom stereocenters. The zero-order valence-electron chi connectivity index (χ0n) is 6.23. The maximum Gasteiger partial charge on any atom is 0.166 e. The van der Waals surface area contributed by atoms with Gasteiger partial charge in [0.1, 0.15) is 0 Å². The van der Waals surface area contributed by atoms with Gasteiger partial charge in [-0.05, 0) is 12.1 Å². The summed E-state index contributed by atoms with van der Waals surface area (Å²) in [7, 11) is 0. The SMILES string of the molecule is NNN=Cc1cccc(O)c1O. The smallest absolute Gasteiger partial charge is 0.166 e. The normalized spacial score (nSPS) is 10.4. The first kappa shape index (κ1) is 8.35. The maximum absolute atomic E-state index is 9.21. The molecule has 0 spiro atoms. The Labute approximate surface area is 69.1 Å². The van der Waals surface area contributed by atoms with Gasteiger partial charge in [-0.2, -0.15) is 5.10 Å². The molecule has 0 unspecified atom stereocenters. The number of nitrogens with zero attached hydrogens (tertiary/aromatic N) is 1. The van der Waals surface area contributed by atoms with Crippen molar-refractivity contribution < 1.29 is 10.2 Å². The molecule has 0 saturated heterocycles. The third kappa shape index (κ3) is 1.64. The predicted molar refractivity (Wildman–Crippen MR) is 44.7 cm³/mol. The number of aromatic hydroxyl groups is 2. The van der Waals surface area contributed by atoms with E-state index in [0.717, 1.165) is 0 Å². The second-order valence-corrected chi connectivity index (χ2v) is 2.10. The van der Waals surface area contributed by atoms with E-state index in [9.17, 15) is 5.11 Å². The number of phenolic OH excluding ortho intramolecular Hbond substituents is 2. The minimum atomic E-state index is -0.212. The molecule has 64 valence electrons. The Balaban J connectivity index is 3.00. The van der Waals surface area contributed by atoms with Crippen molar-refractivity contribution in [2.45, 2.75) is 0 Å². The molecule has 0 aromatic heterocycles. The summed E-state index contributed by atoms with van der Waals surface area (Å²) < 4.78 is 0. The van der Waals surface area contributed by atoms with Gasteiger partial charge >= 0.3 is 0 Å². The minimum absolute atomic E-state index is 0.184.